The predicted octanol–water partition coefficient (Wildman–Crippen LogP) is 6.14. The second-order valence-corrected chi connectivity index (χ2v) is 12.5. The van der Waals surface area contributed by atoms with E-state index in [1.165, 1.54) is 30.9 Å². The van der Waals surface area contributed by atoms with Gasteiger partial charge in [0, 0.05) is 24.6 Å². The summed E-state index contributed by atoms with van der Waals surface area (Å²) in [5.41, 5.74) is -0.200. The number of carbonyl (C=O) groups excluding carboxylic acids is 2. The second-order valence-electron chi connectivity index (χ2n) is 10.4. The first kappa shape index (κ1) is 31.3. The van der Waals surface area contributed by atoms with Crippen molar-refractivity contribution in [1.82, 2.24) is 0 Å². The first-order valence-electron chi connectivity index (χ1n) is 12.1. The average Bonchev–Trinajstić information content (AvgIpc) is 2.80. The molecule has 1 atom stereocenters. The number of rotatable bonds is 17. The molecule has 200 valence electrons. The molecule has 1 rings (SSSR count). The van der Waals surface area contributed by atoms with E-state index in [-0.39, 0.29) is 25.2 Å². The molecule has 0 bridgehead atoms. The van der Waals surface area contributed by atoms with Gasteiger partial charge in [0.05, 0.1) is 44.2 Å². The Morgan fingerprint density at radius 1 is 0.771 bits per heavy atom. The van der Waals surface area contributed by atoms with Crippen molar-refractivity contribution in [3.63, 3.8) is 0 Å². The van der Waals surface area contributed by atoms with E-state index in [1.807, 2.05) is 27.7 Å². The SMILES string of the molecule is CCCCCCOP(C)(=O)OCC(C)(C)COC(=O)c1ccc(C(=O)OCC(C)(C)COC)cc1. The molecule has 1 aromatic rings. The largest absolute Gasteiger partial charge is 0.461 e. The van der Waals surface area contributed by atoms with Crippen molar-refractivity contribution in [1.29, 1.82) is 0 Å². The lowest BCUT2D eigenvalue weighted by Gasteiger charge is -2.25. The van der Waals surface area contributed by atoms with Crippen LogP contribution < -0.4 is 0 Å². The summed E-state index contributed by atoms with van der Waals surface area (Å²) < 4.78 is 39.3. The Labute approximate surface area is 210 Å². The third kappa shape index (κ3) is 13.2. The first-order chi connectivity index (χ1) is 16.3. The normalized spacial score (nSPS) is 13.8. The number of ether oxygens (including phenoxy) is 3. The van der Waals surface area contributed by atoms with Gasteiger partial charge < -0.3 is 23.3 Å². The summed E-state index contributed by atoms with van der Waals surface area (Å²) in [6.45, 7) is 12.4. The summed E-state index contributed by atoms with van der Waals surface area (Å²) in [7, 11) is -1.57. The molecule has 0 saturated carbocycles. The fraction of sp³-hybridized carbons (Fsp3) is 0.692. The maximum atomic E-state index is 12.5. The molecule has 0 heterocycles. The van der Waals surface area contributed by atoms with Gasteiger partial charge in [0.25, 0.3) is 0 Å². The maximum absolute atomic E-state index is 12.5. The topological polar surface area (TPSA) is 97.4 Å². The molecule has 0 fully saturated rings. The number of methoxy groups -OCH3 is 1. The number of hydrogen-bond donors (Lipinski definition) is 0. The van der Waals surface area contributed by atoms with Gasteiger partial charge >= 0.3 is 19.5 Å². The van der Waals surface area contributed by atoms with Crippen LogP contribution in [0.5, 0.6) is 0 Å². The molecule has 1 aromatic carbocycles. The van der Waals surface area contributed by atoms with Crippen LogP contribution in [0.15, 0.2) is 24.3 Å². The molecule has 0 radical (unpaired) electrons. The summed E-state index contributed by atoms with van der Waals surface area (Å²) in [6.07, 6.45) is 4.12. The minimum atomic E-state index is -3.17. The van der Waals surface area contributed by atoms with Crippen molar-refractivity contribution in [2.75, 3.05) is 46.8 Å². The van der Waals surface area contributed by atoms with Crippen LogP contribution in [0.3, 0.4) is 0 Å². The lowest BCUT2D eigenvalue weighted by atomic mass is 9.96. The number of esters is 2. The zero-order valence-corrected chi connectivity index (χ0v) is 23.3. The summed E-state index contributed by atoms with van der Waals surface area (Å²) in [5, 5.41) is 0. The van der Waals surface area contributed by atoms with Crippen LogP contribution in [0.4, 0.5) is 0 Å². The standard InChI is InChI=1S/C26H43O8P/c1-8-9-10-11-16-33-35(7,29)34-20-26(4,5)19-32-24(28)22-14-12-21(13-15-22)23(27)31-18-25(2,3)17-30-6/h12-15H,8-11,16-20H2,1-7H3. The van der Waals surface area contributed by atoms with E-state index in [2.05, 4.69) is 6.92 Å². The van der Waals surface area contributed by atoms with Gasteiger partial charge in [-0.3, -0.25) is 4.57 Å². The maximum Gasteiger partial charge on any atom is 0.338 e. The monoisotopic (exact) mass is 514 g/mol. The fourth-order valence-electron chi connectivity index (χ4n) is 2.99. The van der Waals surface area contributed by atoms with Crippen LogP contribution in [-0.4, -0.2) is 58.7 Å². The molecular weight excluding hydrogens is 471 g/mol. The van der Waals surface area contributed by atoms with Gasteiger partial charge in [-0.2, -0.15) is 0 Å². The van der Waals surface area contributed by atoms with E-state index in [0.29, 0.717) is 24.3 Å². The van der Waals surface area contributed by atoms with E-state index in [0.717, 1.165) is 25.7 Å². The predicted molar refractivity (Wildman–Crippen MR) is 136 cm³/mol. The molecule has 0 aliphatic heterocycles. The minimum Gasteiger partial charge on any atom is -0.461 e. The van der Waals surface area contributed by atoms with Gasteiger partial charge in [-0.05, 0) is 30.7 Å². The number of benzene rings is 1. The van der Waals surface area contributed by atoms with Gasteiger partial charge in [0.1, 0.15) is 0 Å². The Balaban J connectivity index is 2.49. The van der Waals surface area contributed by atoms with Crippen molar-refractivity contribution in [2.45, 2.75) is 60.3 Å². The molecule has 0 spiro atoms. The van der Waals surface area contributed by atoms with Crippen molar-refractivity contribution < 1.29 is 37.4 Å². The van der Waals surface area contributed by atoms with Gasteiger partial charge in [0.2, 0.25) is 0 Å². The van der Waals surface area contributed by atoms with Crippen LogP contribution in [0.1, 0.15) is 81.0 Å². The van der Waals surface area contributed by atoms with Crippen molar-refractivity contribution in [3.05, 3.63) is 35.4 Å². The van der Waals surface area contributed by atoms with Crippen LogP contribution in [0.2, 0.25) is 0 Å². The lowest BCUT2D eigenvalue weighted by molar-refractivity contribution is 0.0135. The smallest absolute Gasteiger partial charge is 0.338 e. The summed E-state index contributed by atoms with van der Waals surface area (Å²) in [4.78, 5) is 24.7. The Morgan fingerprint density at radius 2 is 1.26 bits per heavy atom. The molecule has 0 amide bonds. The highest BCUT2D eigenvalue weighted by atomic mass is 31.2. The Hall–Kier alpha value is -1.73. The molecule has 1 unspecified atom stereocenters. The molecular formula is C26H43O8P. The molecule has 0 N–H and O–H groups in total. The zero-order chi connectivity index (χ0) is 26.5. The Bertz CT molecular complexity index is 832. The zero-order valence-electron chi connectivity index (χ0n) is 22.4. The number of hydrogen-bond acceptors (Lipinski definition) is 8. The van der Waals surface area contributed by atoms with Gasteiger partial charge in [-0.15, -0.1) is 0 Å². The van der Waals surface area contributed by atoms with Crippen LogP contribution in [0.25, 0.3) is 0 Å². The summed E-state index contributed by atoms with van der Waals surface area (Å²) in [5.74, 6) is -0.991. The molecule has 35 heavy (non-hydrogen) atoms. The third-order valence-corrected chi connectivity index (χ3v) is 6.34. The summed E-state index contributed by atoms with van der Waals surface area (Å²) in [6, 6.07) is 6.11. The van der Waals surface area contributed by atoms with Crippen molar-refractivity contribution in [2.24, 2.45) is 10.8 Å². The Morgan fingerprint density at radius 3 is 1.71 bits per heavy atom. The highest BCUT2D eigenvalue weighted by Crippen LogP contribution is 2.45. The van der Waals surface area contributed by atoms with Crippen LogP contribution in [-0.2, 0) is 27.8 Å². The van der Waals surface area contributed by atoms with Crippen molar-refractivity contribution in [3.8, 4) is 0 Å². The lowest BCUT2D eigenvalue weighted by Crippen LogP contribution is -2.27. The van der Waals surface area contributed by atoms with Gasteiger partial charge in [-0.25, -0.2) is 9.59 Å². The first-order valence-corrected chi connectivity index (χ1v) is 14.1. The van der Waals surface area contributed by atoms with E-state index in [4.69, 9.17) is 23.3 Å². The van der Waals surface area contributed by atoms with Gasteiger partial charge in [-0.1, -0.05) is 53.9 Å². The highest BCUT2D eigenvalue weighted by Gasteiger charge is 2.27. The third-order valence-electron chi connectivity index (χ3n) is 5.09. The number of carbonyl (C=O) groups is 2. The number of unbranched alkanes of at least 4 members (excludes halogenated alkanes) is 3. The fourth-order valence-corrected chi connectivity index (χ4v) is 4.11. The van der Waals surface area contributed by atoms with Crippen LogP contribution >= 0.6 is 7.60 Å². The van der Waals surface area contributed by atoms with Crippen LogP contribution in [0, 0.1) is 10.8 Å². The second kappa shape index (κ2) is 14.7. The minimum absolute atomic E-state index is 0.0701. The summed E-state index contributed by atoms with van der Waals surface area (Å²) >= 11 is 0. The molecule has 0 aliphatic rings. The molecule has 0 aromatic heterocycles. The van der Waals surface area contributed by atoms with Gasteiger partial charge in [0.15, 0.2) is 0 Å². The highest BCUT2D eigenvalue weighted by molar-refractivity contribution is 7.52. The van der Waals surface area contributed by atoms with E-state index >= 15 is 0 Å². The Kier molecular flexibility index (Phi) is 13.2. The molecule has 9 heteroatoms. The molecule has 8 nitrogen and oxygen atoms in total. The molecule has 0 saturated heterocycles. The van der Waals surface area contributed by atoms with E-state index in [9.17, 15) is 14.2 Å². The average molecular weight is 515 g/mol. The van der Waals surface area contributed by atoms with E-state index in [1.54, 1.807) is 7.11 Å². The van der Waals surface area contributed by atoms with Crippen molar-refractivity contribution >= 4 is 19.5 Å². The molecule has 0 aliphatic carbocycles. The van der Waals surface area contributed by atoms with E-state index < -0.39 is 24.9 Å². The quantitative estimate of drug-likeness (QED) is 0.139.